The van der Waals surface area contributed by atoms with E-state index in [1.54, 1.807) is 0 Å². The molecule has 0 saturated carbocycles. The highest BCUT2D eigenvalue weighted by Crippen LogP contribution is 2.44. The van der Waals surface area contributed by atoms with E-state index in [2.05, 4.69) is 4.98 Å². The Morgan fingerprint density at radius 3 is 2.68 bits per heavy atom. The zero-order chi connectivity index (χ0) is 16.9. The average Bonchev–Trinajstić information content (AvgIpc) is 2.67. The lowest BCUT2D eigenvalue weighted by Crippen LogP contribution is -2.61. The largest absolute Gasteiger partial charge is 0.393 e. The van der Waals surface area contributed by atoms with Crippen molar-refractivity contribution in [1.82, 2.24) is 9.55 Å². The van der Waals surface area contributed by atoms with Crippen molar-refractivity contribution in [1.29, 1.82) is 0 Å². The van der Waals surface area contributed by atoms with Gasteiger partial charge in [-0.2, -0.15) is 4.98 Å². The lowest BCUT2D eigenvalue weighted by Gasteiger charge is -2.40. The zero-order valence-corrected chi connectivity index (χ0v) is 12.6. The van der Waals surface area contributed by atoms with Crippen molar-refractivity contribution in [2.75, 3.05) is 12.3 Å². The highest BCUT2D eigenvalue weighted by Gasteiger charge is 2.62. The van der Waals surface area contributed by atoms with Gasteiger partial charge in [0.1, 0.15) is 27.4 Å². The minimum absolute atomic E-state index is 0.527. The number of aliphatic hydroxyl groups excluding tert-OH is 2. The number of anilines is 1. The molecule has 4 atom stereocenters. The Balaban J connectivity index is 2.52. The SMILES string of the molecule is BC(B)(Cl)[C@]1(CO)O[C@@H](n2cc(F)c(N)nc2=O)[C@@H](F)[C@@H]1O. The van der Waals surface area contributed by atoms with Crippen LogP contribution < -0.4 is 11.4 Å². The van der Waals surface area contributed by atoms with Gasteiger partial charge in [0, 0.05) is 4.67 Å². The van der Waals surface area contributed by atoms with Gasteiger partial charge in [0.25, 0.3) is 0 Å². The number of rotatable bonds is 3. The van der Waals surface area contributed by atoms with Crippen LogP contribution in [0.4, 0.5) is 14.6 Å². The fraction of sp³-hybridized carbons (Fsp3) is 0.600. The Labute approximate surface area is 130 Å². The van der Waals surface area contributed by atoms with Gasteiger partial charge in [-0.25, -0.2) is 13.6 Å². The summed E-state index contributed by atoms with van der Waals surface area (Å²) in [6.07, 6.45) is -5.03. The normalized spacial score (nSPS) is 32.3. The first-order chi connectivity index (χ1) is 10.0. The van der Waals surface area contributed by atoms with Crippen LogP contribution in [-0.2, 0) is 4.74 Å². The van der Waals surface area contributed by atoms with Crippen molar-refractivity contribution < 1.29 is 23.7 Å². The second-order valence-corrected chi connectivity index (χ2v) is 6.53. The van der Waals surface area contributed by atoms with Gasteiger partial charge in [-0.05, 0) is 0 Å². The van der Waals surface area contributed by atoms with Crippen LogP contribution in [0.25, 0.3) is 0 Å². The molecule has 120 valence electrons. The molecule has 0 spiro atoms. The highest BCUT2D eigenvalue weighted by atomic mass is 35.5. The average molecular weight is 335 g/mol. The van der Waals surface area contributed by atoms with E-state index in [1.165, 1.54) is 15.7 Å². The Bertz CT molecular complexity index is 644. The van der Waals surface area contributed by atoms with Gasteiger partial charge in [-0.15, -0.1) is 11.6 Å². The van der Waals surface area contributed by atoms with Crippen LogP contribution >= 0.6 is 11.6 Å². The molecule has 12 heteroatoms. The first-order valence-electron chi connectivity index (χ1n) is 6.39. The number of ether oxygens (including phenoxy) is 1. The summed E-state index contributed by atoms with van der Waals surface area (Å²) >= 11 is 6.10. The van der Waals surface area contributed by atoms with Gasteiger partial charge in [0.15, 0.2) is 24.0 Å². The molecule has 1 saturated heterocycles. The maximum Gasteiger partial charge on any atom is 0.351 e. The van der Waals surface area contributed by atoms with E-state index in [-0.39, 0.29) is 0 Å². The summed E-state index contributed by atoms with van der Waals surface area (Å²) in [6, 6.07) is 0. The quantitative estimate of drug-likeness (QED) is 0.403. The summed E-state index contributed by atoms with van der Waals surface area (Å²) in [6.45, 7) is -0.804. The van der Waals surface area contributed by atoms with Crippen LogP contribution in [0.5, 0.6) is 0 Å². The molecule has 0 radical (unpaired) electrons. The lowest BCUT2D eigenvalue weighted by molar-refractivity contribution is -0.126. The number of hydrogen-bond donors (Lipinski definition) is 3. The van der Waals surface area contributed by atoms with Crippen molar-refractivity contribution in [3.63, 3.8) is 0 Å². The summed E-state index contributed by atoms with van der Waals surface area (Å²) < 4.78 is 32.4. The fourth-order valence-electron chi connectivity index (χ4n) is 2.42. The van der Waals surface area contributed by atoms with E-state index >= 15 is 0 Å². The third kappa shape index (κ3) is 2.41. The predicted molar refractivity (Wildman–Crippen MR) is 79.4 cm³/mol. The first-order valence-corrected chi connectivity index (χ1v) is 6.77. The molecule has 4 N–H and O–H groups in total. The zero-order valence-electron chi connectivity index (χ0n) is 11.8. The summed E-state index contributed by atoms with van der Waals surface area (Å²) in [4.78, 5) is 15.0. The molecule has 7 nitrogen and oxygen atoms in total. The molecule has 0 bridgehead atoms. The van der Waals surface area contributed by atoms with Crippen molar-refractivity contribution in [3.8, 4) is 0 Å². The molecule has 1 aromatic rings. The minimum Gasteiger partial charge on any atom is -0.393 e. The van der Waals surface area contributed by atoms with Gasteiger partial charge in [0.05, 0.1) is 12.8 Å². The molecule has 0 unspecified atom stereocenters. The van der Waals surface area contributed by atoms with Crippen LogP contribution in [-0.4, -0.2) is 64.6 Å². The third-order valence-electron chi connectivity index (χ3n) is 3.83. The highest BCUT2D eigenvalue weighted by molar-refractivity contribution is 6.63. The van der Waals surface area contributed by atoms with Crippen LogP contribution in [0.3, 0.4) is 0 Å². The molecular formula is C10H14B2ClF2N3O4. The molecule has 0 aliphatic carbocycles. The number of nitrogens with two attached hydrogens (primary N) is 1. The Morgan fingerprint density at radius 1 is 1.64 bits per heavy atom. The van der Waals surface area contributed by atoms with Gasteiger partial charge >= 0.3 is 5.69 Å². The summed E-state index contributed by atoms with van der Waals surface area (Å²) in [5.41, 5.74) is 2.22. The molecular weight excluding hydrogens is 321 g/mol. The smallest absolute Gasteiger partial charge is 0.351 e. The summed E-state index contributed by atoms with van der Waals surface area (Å²) in [7, 11) is 2.82. The maximum absolute atomic E-state index is 14.4. The number of nitrogens with zero attached hydrogens (tertiary/aromatic N) is 2. The molecule has 2 rings (SSSR count). The summed E-state index contributed by atoms with van der Waals surface area (Å²) in [5.74, 6) is -1.68. The molecule has 1 aromatic heterocycles. The van der Waals surface area contributed by atoms with Crippen LogP contribution in [0, 0.1) is 5.82 Å². The summed E-state index contributed by atoms with van der Waals surface area (Å²) in [5, 5.41) is 19.6. The van der Waals surface area contributed by atoms with Gasteiger partial charge in [0.2, 0.25) is 0 Å². The number of aromatic nitrogens is 2. The molecule has 0 amide bonds. The molecule has 22 heavy (non-hydrogen) atoms. The van der Waals surface area contributed by atoms with Crippen LogP contribution in [0.15, 0.2) is 11.0 Å². The fourth-order valence-corrected chi connectivity index (χ4v) is 2.64. The monoisotopic (exact) mass is 335 g/mol. The van der Waals surface area contributed by atoms with Crippen molar-refractivity contribution >= 4 is 33.1 Å². The number of alkyl halides is 2. The topological polar surface area (TPSA) is 111 Å². The molecule has 2 heterocycles. The Morgan fingerprint density at radius 2 is 2.23 bits per heavy atom. The van der Waals surface area contributed by atoms with E-state index in [0.717, 1.165) is 0 Å². The number of hydrogen-bond acceptors (Lipinski definition) is 6. The number of halogens is 3. The van der Waals surface area contributed by atoms with Crippen LogP contribution in [0.2, 0.25) is 0 Å². The third-order valence-corrected chi connectivity index (χ3v) is 4.15. The molecule has 1 aliphatic rings. The second kappa shape index (κ2) is 5.48. The number of aliphatic hydroxyl groups is 2. The van der Waals surface area contributed by atoms with E-state index < -0.39 is 52.7 Å². The van der Waals surface area contributed by atoms with Crippen molar-refractivity contribution in [2.45, 2.75) is 28.8 Å². The van der Waals surface area contributed by atoms with E-state index in [0.29, 0.717) is 10.8 Å². The number of nitrogen functional groups attached to an aromatic ring is 1. The van der Waals surface area contributed by atoms with Crippen molar-refractivity contribution in [2.24, 2.45) is 0 Å². The molecule has 1 aliphatic heterocycles. The van der Waals surface area contributed by atoms with E-state index in [4.69, 9.17) is 22.1 Å². The maximum atomic E-state index is 14.4. The Hall–Kier alpha value is -1.16. The van der Waals surface area contributed by atoms with Gasteiger partial charge in [-0.1, -0.05) is 0 Å². The molecule has 1 fully saturated rings. The second-order valence-electron chi connectivity index (χ2n) is 5.58. The van der Waals surface area contributed by atoms with Crippen LogP contribution in [0.1, 0.15) is 6.23 Å². The lowest BCUT2D eigenvalue weighted by atomic mass is 9.58. The van der Waals surface area contributed by atoms with E-state index in [9.17, 15) is 23.8 Å². The van der Waals surface area contributed by atoms with Crippen molar-refractivity contribution in [3.05, 3.63) is 22.5 Å². The Kier molecular flexibility index (Phi) is 4.29. The van der Waals surface area contributed by atoms with Gasteiger partial charge < -0.3 is 20.7 Å². The minimum atomic E-state index is -2.13. The van der Waals surface area contributed by atoms with E-state index in [1.807, 2.05) is 0 Å². The first kappa shape index (κ1) is 17.2. The van der Waals surface area contributed by atoms with Gasteiger partial charge in [-0.3, -0.25) is 4.57 Å². The molecule has 0 aromatic carbocycles. The predicted octanol–water partition coefficient (Wildman–Crippen LogP) is -2.92. The standard InChI is InChI=1S/C10H14B2ClF2N3O4/c11-10(12,13)9(2-19)5(20)4(15)7(22-9)18-1-3(14)6(16)17-8(18)21/h1,4-5,7,19-20H,2,11-12H2,(H2,16,17,21)/t4-,5-,7+,9+/m0/s1.